The van der Waals surface area contributed by atoms with Crippen LogP contribution in [0.2, 0.25) is 0 Å². The molecular formula is C10H18N2O5S. The molecule has 3 N–H and O–H groups in total. The monoisotopic (exact) mass is 278 g/mol. The van der Waals surface area contributed by atoms with Crippen molar-refractivity contribution in [3.8, 4) is 0 Å². The van der Waals surface area contributed by atoms with Crippen LogP contribution in [0.5, 0.6) is 0 Å². The van der Waals surface area contributed by atoms with Crippen molar-refractivity contribution in [2.45, 2.75) is 26.0 Å². The molecule has 0 aromatic rings. The molecule has 3 atom stereocenters. The largest absolute Gasteiger partial charge is 0.481 e. The Kier molecular flexibility index (Phi) is 7.18. The van der Waals surface area contributed by atoms with Gasteiger partial charge in [-0.2, -0.15) is 0 Å². The van der Waals surface area contributed by atoms with E-state index >= 15 is 0 Å². The predicted molar refractivity (Wildman–Crippen MR) is 66.5 cm³/mol. The van der Waals surface area contributed by atoms with E-state index in [-0.39, 0.29) is 5.75 Å². The molecule has 0 spiro atoms. The van der Waals surface area contributed by atoms with Gasteiger partial charge in [0.05, 0.1) is 5.92 Å². The third-order valence-corrected chi connectivity index (χ3v) is 4.00. The van der Waals surface area contributed by atoms with Gasteiger partial charge >= 0.3 is 12.0 Å². The van der Waals surface area contributed by atoms with Crippen LogP contribution < -0.4 is 10.6 Å². The van der Waals surface area contributed by atoms with Crippen molar-refractivity contribution in [2.24, 2.45) is 5.92 Å². The van der Waals surface area contributed by atoms with Crippen molar-refractivity contribution in [3.63, 3.8) is 0 Å². The number of urea groups is 1. The minimum Gasteiger partial charge on any atom is -0.481 e. The molecule has 0 aliphatic carbocycles. The summed E-state index contributed by atoms with van der Waals surface area (Å²) in [4.78, 5) is 33.2. The molecular weight excluding hydrogens is 260 g/mol. The highest BCUT2D eigenvalue weighted by molar-refractivity contribution is 7.86. The Morgan fingerprint density at radius 1 is 1.28 bits per heavy atom. The molecule has 0 saturated heterocycles. The molecule has 0 aliphatic rings. The quantitative estimate of drug-likeness (QED) is 0.617. The third kappa shape index (κ3) is 5.76. The highest BCUT2D eigenvalue weighted by Crippen LogP contribution is 2.04. The van der Waals surface area contributed by atoms with E-state index in [9.17, 15) is 18.6 Å². The number of rotatable bonds is 6. The molecule has 0 aromatic carbocycles. The van der Waals surface area contributed by atoms with Gasteiger partial charge in [0.25, 0.3) is 0 Å². The minimum absolute atomic E-state index is 0.126. The van der Waals surface area contributed by atoms with Crippen molar-refractivity contribution in [1.82, 2.24) is 10.6 Å². The number of aliphatic carboxylic acids is 1. The molecule has 0 fully saturated rings. The molecule has 0 bridgehead atoms. The number of carbonyl (C=O) groups excluding carboxylic acids is 2. The number of carboxylic acid groups (broad SMARTS) is 1. The van der Waals surface area contributed by atoms with Crippen LogP contribution in [0.4, 0.5) is 4.79 Å². The Labute approximate surface area is 108 Å². The topological polar surface area (TPSA) is 113 Å². The third-order valence-electron chi connectivity index (χ3n) is 2.17. The minimum atomic E-state index is -1.64. The fourth-order valence-electron chi connectivity index (χ4n) is 1.000. The van der Waals surface area contributed by atoms with Crippen LogP contribution in [0, 0.1) is 5.92 Å². The van der Waals surface area contributed by atoms with Gasteiger partial charge in [0.15, 0.2) is 0 Å². The maximum absolute atomic E-state index is 11.7. The lowest BCUT2D eigenvalue weighted by atomic mass is 10.2. The van der Waals surface area contributed by atoms with Crippen LogP contribution in [0.3, 0.4) is 0 Å². The maximum Gasteiger partial charge on any atom is 0.321 e. The predicted octanol–water partition coefficient (Wildman–Crippen LogP) is -0.310. The van der Waals surface area contributed by atoms with E-state index in [1.165, 1.54) is 13.8 Å². The molecule has 104 valence electrons. The summed E-state index contributed by atoms with van der Waals surface area (Å²) in [5.74, 6) is -2.68. The Bertz CT molecular complexity index is 358. The van der Waals surface area contributed by atoms with E-state index < -0.39 is 39.9 Å². The first-order valence-corrected chi connectivity index (χ1v) is 6.86. The Morgan fingerprint density at radius 3 is 2.28 bits per heavy atom. The van der Waals surface area contributed by atoms with Crippen molar-refractivity contribution >= 4 is 28.7 Å². The van der Waals surface area contributed by atoms with Crippen LogP contribution in [-0.4, -0.2) is 44.8 Å². The van der Waals surface area contributed by atoms with Gasteiger partial charge in [-0.05, 0) is 13.8 Å². The number of nitrogens with one attached hydrogen (secondary N) is 2. The van der Waals surface area contributed by atoms with Gasteiger partial charge in [-0.25, -0.2) is 4.79 Å². The van der Waals surface area contributed by atoms with Gasteiger partial charge < -0.3 is 10.4 Å². The summed E-state index contributed by atoms with van der Waals surface area (Å²) in [5, 5.41) is 12.1. The van der Waals surface area contributed by atoms with Crippen molar-refractivity contribution in [3.05, 3.63) is 0 Å². The lowest BCUT2D eigenvalue weighted by Crippen LogP contribution is -2.45. The number of imide groups is 1. The van der Waals surface area contributed by atoms with Crippen molar-refractivity contribution in [2.75, 3.05) is 12.3 Å². The summed E-state index contributed by atoms with van der Waals surface area (Å²) in [5.41, 5.74) is 0. The fourth-order valence-corrected chi connectivity index (χ4v) is 2.22. The van der Waals surface area contributed by atoms with Crippen molar-refractivity contribution < 1.29 is 23.7 Å². The summed E-state index contributed by atoms with van der Waals surface area (Å²) in [6.07, 6.45) is 0. The molecule has 0 rings (SSSR count). The van der Waals surface area contributed by atoms with Crippen LogP contribution in [0.25, 0.3) is 0 Å². The first-order valence-electron chi connectivity index (χ1n) is 5.48. The number of carboxylic acids is 1. The zero-order valence-corrected chi connectivity index (χ0v) is 11.4. The molecule has 18 heavy (non-hydrogen) atoms. The van der Waals surface area contributed by atoms with Gasteiger partial charge in [-0.1, -0.05) is 6.92 Å². The van der Waals surface area contributed by atoms with E-state index in [2.05, 4.69) is 5.32 Å². The fraction of sp³-hybridized carbons (Fsp3) is 0.700. The summed E-state index contributed by atoms with van der Waals surface area (Å²) in [6.45, 7) is 4.86. The zero-order chi connectivity index (χ0) is 14.3. The molecule has 0 heterocycles. The van der Waals surface area contributed by atoms with Gasteiger partial charge in [0.2, 0.25) is 5.91 Å². The molecule has 0 aromatic heterocycles. The maximum atomic E-state index is 11.7. The second-order valence-corrected chi connectivity index (χ2v) is 5.58. The zero-order valence-electron chi connectivity index (χ0n) is 10.6. The molecule has 0 saturated carbocycles. The lowest BCUT2D eigenvalue weighted by molar-refractivity contribution is -0.140. The molecule has 7 nitrogen and oxygen atoms in total. The molecule has 0 radical (unpaired) electrons. The number of carbonyl (C=O) groups is 3. The van der Waals surface area contributed by atoms with Crippen LogP contribution in [-0.2, 0) is 20.4 Å². The van der Waals surface area contributed by atoms with E-state index in [0.29, 0.717) is 6.54 Å². The van der Waals surface area contributed by atoms with Gasteiger partial charge in [-0.3, -0.25) is 19.1 Å². The standard InChI is InChI=1S/C10H18N2O5S/c1-4-11-10(16)12-8(13)7(3)18(17)5-6(2)9(14)15/h6-7H,4-5H2,1-3H3,(H,14,15)(H2,11,12,13,16). The normalized spacial score (nSPS) is 15.3. The van der Waals surface area contributed by atoms with E-state index in [1.54, 1.807) is 6.92 Å². The van der Waals surface area contributed by atoms with E-state index in [0.717, 1.165) is 0 Å². The first-order chi connectivity index (χ1) is 8.29. The van der Waals surface area contributed by atoms with Crippen LogP contribution >= 0.6 is 0 Å². The molecule has 3 amide bonds. The average molecular weight is 278 g/mol. The SMILES string of the molecule is CCNC(=O)NC(=O)C(C)S(=O)CC(C)C(=O)O. The highest BCUT2D eigenvalue weighted by Gasteiger charge is 2.25. The van der Waals surface area contributed by atoms with Gasteiger partial charge in [0, 0.05) is 23.1 Å². The van der Waals surface area contributed by atoms with E-state index in [1.807, 2.05) is 5.32 Å². The Morgan fingerprint density at radius 2 is 1.83 bits per heavy atom. The summed E-state index contributed by atoms with van der Waals surface area (Å²) in [7, 11) is -1.64. The first kappa shape index (κ1) is 16.6. The molecule has 3 unspecified atom stereocenters. The summed E-state index contributed by atoms with van der Waals surface area (Å²) < 4.78 is 11.7. The van der Waals surface area contributed by atoms with Crippen LogP contribution in [0.1, 0.15) is 20.8 Å². The Balaban J connectivity index is 4.33. The summed E-state index contributed by atoms with van der Waals surface area (Å²) in [6, 6.07) is -0.655. The average Bonchev–Trinajstić information content (AvgIpc) is 2.27. The number of hydrogen-bond acceptors (Lipinski definition) is 4. The molecule has 8 heteroatoms. The lowest BCUT2D eigenvalue weighted by Gasteiger charge is -2.13. The number of hydrogen-bond donors (Lipinski definition) is 3. The highest BCUT2D eigenvalue weighted by atomic mass is 32.2. The van der Waals surface area contributed by atoms with Gasteiger partial charge in [0.1, 0.15) is 5.25 Å². The molecule has 0 aliphatic heterocycles. The number of amides is 3. The summed E-state index contributed by atoms with van der Waals surface area (Å²) >= 11 is 0. The Hall–Kier alpha value is -1.44. The van der Waals surface area contributed by atoms with Crippen molar-refractivity contribution in [1.29, 1.82) is 0 Å². The van der Waals surface area contributed by atoms with E-state index in [4.69, 9.17) is 5.11 Å². The van der Waals surface area contributed by atoms with Gasteiger partial charge in [-0.15, -0.1) is 0 Å². The second kappa shape index (κ2) is 7.80. The van der Waals surface area contributed by atoms with Crippen LogP contribution in [0.15, 0.2) is 0 Å². The second-order valence-electron chi connectivity index (χ2n) is 3.78. The smallest absolute Gasteiger partial charge is 0.321 e.